The zero-order chi connectivity index (χ0) is 17.5. The molecule has 1 fully saturated rings. The fraction of sp³-hybridized carbons (Fsp3) is 0.474. The van der Waals surface area contributed by atoms with Crippen molar-refractivity contribution in [2.45, 2.75) is 36.8 Å². The minimum Gasteiger partial charge on any atom is -0.352 e. The summed E-state index contributed by atoms with van der Waals surface area (Å²) >= 11 is 3.43. The smallest absolute Gasteiger partial charge is 0.251 e. The Morgan fingerprint density at radius 3 is 2.74 bits per heavy atom. The molecule has 3 rings (SSSR count). The fourth-order valence-corrected chi connectivity index (χ4v) is 4.51. The highest BCUT2D eigenvalue weighted by Gasteiger charge is 2.13. The van der Waals surface area contributed by atoms with E-state index in [-0.39, 0.29) is 30.7 Å². The van der Waals surface area contributed by atoms with Gasteiger partial charge in [-0.3, -0.25) is 4.79 Å². The monoisotopic (exact) mass is 447 g/mol. The fourth-order valence-electron chi connectivity index (χ4n) is 3.00. The van der Waals surface area contributed by atoms with E-state index < -0.39 is 0 Å². The summed E-state index contributed by atoms with van der Waals surface area (Å²) in [7, 11) is 0. The van der Waals surface area contributed by atoms with Crippen LogP contribution < -0.4 is 10.6 Å². The molecule has 27 heavy (non-hydrogen) atoms. The number of nitrogens with one attached hydrogen (secondary N) is 2. The lowest BCUT2D eigenvalue weighted by Crippen LogP contribution is -2.33. The summed E-state index contributed by atoms with van der Waals surface area (Å²) in [6.45, 7) is 5.00. The Kier molecular flexibility index (Phi) is 11.3. The summed E-state index contributed by atoms with van der Waals surface area (Å²) in [4.78, 5) is 17.9. The predicted octanol–water partition coefficient (Wildman–Crippen LogP) is 4.71. The Labute approximate surface area is 182 Å². The van der Waals surface area contributed by atoms with Gasteiger partial charge in [0.2, 0.25) is 0 Å². The van der Waals surface area contributed by atoms with Crippen LogP contribution in [0.2, 0.25) is 0 Å². The van der Waals surface area contributed by atoms with Crippen molar-refractivity contribution in [1.29, 1.82) is 0 Å². The lowest BCUT2D eigenvalue weighted by atomic mass is 9.96. The van der Waals surface area contributed by atoms with Crippen LogP contribution in [0.1, 0.15) is 40.3 Å². The van der Waals surface area contributed by atoms with Gasteiger partial charge < -0.3 is 10.6 Å². The number of carbonyl (C=O) groups is 1. The first-order valence-corrected chi connectivity index (χ1v) is 10.7. The van der Waals surface area contributed by atoms with E-state index in [9.17, 15) is 4.79 Å². The third kappa shape index (κ3) is 8.00. The van der Waals surface area contributed by atoms with Crippen molar-refractivity contribution in [2.24, 2.45) is 5.92 Å². The van der Waals surface area contributed by atoms with Crippen LogP contribution in [0.4, 0.5) is 0 Å². The molecule has 0 radical (unpaired) electrons. The summed E-state index contributed by atoms with van der Waals surface area (Å²) in [6, 6.07) is 7.85. The van der Waals surface area contributed by atoms with Crippen molar-refractivity contribution in [3.63, 3.8) is 0 Å². The molecule has 8 heteroatoms. The second-order valence-corrected chi connectivity index (χ2v) is 8.54. The third-order valence-corrected chi connectivity index (χ3v) is 6.27. The Morgan fingerprint density at radius 2 is 2.11 bits per heavy atom. The Balaban J connectivity index is 0.00000182. The van der Waals surface area contributed by atoms with Gasteiger partial charge in [-0.15, -0.1) is 47.9 Å². The van der Waals surface area contributed by atoms with Gasteiger partial charge in [0.25, 0.3) is 5.91 Å². The average molecular weight is 448 g/mol. The zero-order valence-electron chi connectivity index (χ0n) is 15.4. The standard InChI is InChI=1S/C19H25N3OS2.2ClH/c1-14-22-17(12-24-14)13-25-18-6-4-16(5-7-18)19(23)21-10-8-15-3-2-9-20-11-15;;/h4-7,12,15,20H,2-3,8-11,13H2,1H3,(H,21,23);2*1H. The normalized spacial score (nSPS) is 16.1. The molecular formula is C19H27Cl2N3OS2. The van der Waals surface area contributed by atoms with Crippen molar-refractivity contribution in [3.8, 4) is 0 Å². The lowest BCUT2D eigenvalue weighted by molar-refractivity contribution is 0.0950. The lowest BCUT2D eigenvalue weighted by Gasteiger charge is -2.22. The third-order valence-electron chi connectivity index (χ3n) is 4.41. The molecule has 1 saturated heterocycles. The molecule has 2 heterocycles. The highest BCUT2D eigenvalue weighted by atomic mass is 35.5. The van der Waals surface area contributed by atoms with E-state index in [0.29, 0.717) is 5.92 Å². The first-order valence-electron chi connectivity index (χ1n) is 8.83. The zero-order valence-corrected chi connectivity index (χ0v) is 18.7. The topological polar surface area (TPSA) is 54.0 Å². The van der Waals surface area contributed by atoms with Crippen LogP contribution in [0.3, 0.4) is 0 Å². The first-order chi connectivity index (χ1) is 12.2. The number of thioether (sulfide) groups is 1. The predicted molar refractivity (Wildman–Crippen MR) is 120 cm³/mol. The maximum atomic E-state index is 12.2. The molecular weight excluding hydrogens is 421 g/mol. The minimum absolute atomic E-state index is 0. The number of aryl methyl sites for hydroxylation is 1. The van der Waals surface area contributed by atoms with Crippen LogP contribution in [0.25, 0.3) is 0 Å². The number of benzene rings is 1. The van der Waals surface area contributed by atoms with Gasteiger partial charge >= 0.3 is 0 Å². The van der Waals surface area contributed by atoms with E-state index >= 15 is 0 Å². The van der Waals surface area contributed by atoms with E-state index in [2.05, 4.69) is 21.0 Å². The molecule has 1 unspecified atom stereocenters. The Morgan fingerprint density at radius 1 is 1.33 bits per heavy atom. The van der Waals surface area contributed by atoms with Gasteiger partial charge in [-0.2, -0.15) is 0 Å². The molecule has 4 nitrogen and oxygen atoms in total. The van der Waals surface area contributed by atoms with Crippen molar-refractivity contribution in [3.05, 3.63) is 45.9 Å². The number of carbonyl (C=O) groups excluding carboxylic acids is 1. The van der Waals surface area contributed by atoms with E-state index in [4.69, 9.17) is 0 Å². The van der Waals surface area contributed by atoms with Crippen molar-refractivity contribution < 1.29 is 4.79 Å². The molecule has 0 bridgehead atoms. The van der Waals surface area contributed by atoms with Crippen molar-refractivity contribution in [1.82, 2.24) is 15.6 Å². The molecule has 2 aromatic rings. The quantitative estimate of drug-likeness (QED) is 0.603. The van der Waals surface area contributed by atoms with Crippen LogP contribution in [0.5, 0.6) is 0 Å². The van der Waals surface area contributed by atoms with Gasteiger partial charge in [0.05, 0.1) is 10.7 Å². The van der Waals surface area contributed by atoms with Gasteiger partial charge in [0, 0.05) is 28.1 Å². The number of piperidine rings is 1. The summed E-state index contributed by atoms with van der Waals surface area (Å²) in [5.74, 6) is 1.59. The molecule has 1 aromatic heterocycles. The number of nitrogens with zero attached hydrogens (tertiary/aromatic N) is 1. The second kappa shape index (κ2) is 12.6. The highest BCUT2D eigenvalue weighted by molar-refractivity contribution is 7.98. The Bertz CT molecular complexity index is 689. The van der Waals surface area contributed by atoms with Crippen LogP contribution in [0, 0.1) is 12.8 Å². The van der Waals surface area contributed by atoms with E-state index in [0.717, 1.165) is 53.0 Å². The molecule has 0 aliphatic carbocycles. The van der Waals surface area contributed by atoms with E-state index in [1.54, 1.807) is 23.1 Å². The number of hydrogen-bond donors (Lipinski definition) is 2. The highest BCUT2D eigenvalue weighted by Crippen LogP contribution is 2.24. The summed E-state index contributed by atoms with van der Waals surface area (Å²) in [5, 5.41) is 9.67. The second-order valence-electron chi connectivity index (χ2n) is 6.43. The van der Waals surface area contributed by atoms with Crippen molar-refractivity contribution >= 4 is 53.8 Å². The first kappa shape index (κ1) is 24.2. The maximum absolute atomic E-state index is 12.2. The van der Waals surface area contributed by atoms with Gasteiger partial charge in [-0.25, -0.2) is 4.98 Å². The van der Waals surface area contributed by atoms with Crippen LogP contribution in [-0.2, 0) is 5.75 Å². The summed E-state index contributed by atoms with van der Waals surface area (Å²) in [5.41, 5.74) is 1.85. The average Bonchev–Trinajstić information content (AvgIpc) is 3.06. The SMILES string of the molecule is Cc1nc(CSc2ccc(C(=O)NCCC3CCCNC3)cc2)cs1.Cl.Cl. The van der Waals surface area contributed by atoms with Gasteiger partial charge in [-0.1, -0.05) is 0 Å². The molecule has 2 N–H and O–H groups in total. The molecule has 1 atom stereocenters. The summed E-state index contributed by atoms with van der Waals surface area (Å²) in [6.07, 6.45) is 3.57. The molecule has 0 spiro atoms. The van der Waals surface area contributed by atoms with Crippen LogP contribution in [0.15, 0.2) is 34.5 Å². The summed E-state index contributed by atoms with van der Waals surface area (Å²) < 4.78 is 0. The molecule has 0 saturated carbocycles. The Hall–Kier alpha value is -0.790. The maximum Gasteiger partial charge on any atom is 0.251 e. The van der Waals surface area contributed by atoms with Crippen molar-refractivity contribution in [2.75, 3.05) is 19.6 Å². The number of thiazole rings is 1. The largest absolute Gasteiger partial charge is 0.352 e. The van der Waals surface area contributed by atoms with Gasteiger partial charge in [-0.05, 0) is 69.5 Å². The molecule has 1 amide bonds. The van der Waals surface area contributed by atoms with E-state index in [1.165, 1.54) is 12.8 Å². The van der Waals surface area contributed by atoms with Crippen LogP contribution >= 0.6 is 47.9 Å². The number of amides is 1. The van der Waals surface area contributed by atoms with Gasteiger partial charge in [0.1, 0.15) is 0 Å². The number of hydrogen-bond acceptors (Lipinski definition) is 5. The van der Waals surface area contributed by atoms with Crippen LogP contribution in [-0.4, -0.2) is 30.5 Å². The number of aromatic nitrogens is 1. The molecule has 1 aliphatic heterocycles. The molecule has 150 valence electrons. The number of rotatable bonds is 7. The molecule has 1 aromatic carbocycles. The minimum atomic E-state index is 0. The molecule has 1 aliphatic rings. The van der Waals surface area contributed by atoms with Gasteiger partial charge in [0.15, 0.2) is 0 Å². The number of halogens is 2. The van der Waals surface area contributed by atoms with E-state index in [1.807, 2.05) is 31.2 Å².